The van der Waals surface area contributed by atoms with Gasteiger partial charge in [0.05, 0.1) is 25.4 Å². The van der Waals surface area contributed by atoms with Crippen molar-refractivity contribution in [1.29, 1.82) is 0 Å². The Labute approximate surface area is 80.2 Å². The summed E-state index contributed by atoms with van der Waals surface area (Å²) in [6.45, 7) is 8.24. The number of hydrogen-bond donors (Lipinski definition) is 1. The number of epoxide rings is 2. The molecule has 0 amide bonds. The Morgan fingerprint density at radius 3 is 2.00 bits per heavy atom. The molecule has 0 aromatic carbocycles. The molecule has 74 valence electrons. The lowest BCUT2D eigenvalue weighted by Crippen LogP contribution is -2.52. The lowest BCUT2D eigenvalue weighted by molar-refractivity contribution is 0.338. The van der Waals surface area contributed by atoms with E-state index in [0.29, 0.717) is 6.10 Å². The summed E-state index contributed by atoms with van der Waals surface area (Å²) in [5.41, 5.74) is 6.01. The van der Waals surface area contributed by atoms with Crippen LogP contribution in [0.1, 0.15) is 20.8 Å². The van der Waals surface area contributed by atoms with Crippen molar-refractivity contribution in [1.82, 2.24) is 0 Å². The molecule has 2 aliphatic rings. The molecule has 2 fully saturated rings. The van der Waals surface area contributed by atoms with Crippen molar-refractivity contribution in [3.05, 3.63) is 0 Å². The van der Waals surface area contributed by atoms with Crippen molar-refractivity contribution in [3.8, 4) is 0 Å². The summed E-state index contributed by atoms with van der Waals surface area (Å²) in [5, 5.41) is 0.190. The Balaban J connectivity index is 1.94. The topological polar surface area (TPSA) is 51.1 Å². The van der Waals surface area contributed by atoms with Crippen LogP contribution in [-0.2, 0) is 9.47 Å². The van der Waals surface area contributed by atoms with E-state index in [1.54, 1.807) is 0 Å². The van der Waals surface area contributed by atoms with Crippen LogP contribution < -0.4 is 5.73 Å². The van der Waals surface area contributed by atoms with Gasteiger partial charge in [0.25, 0.3) is 0 Å². The van der Waals surface area contributed by atoms with E-state index in [2.05, 4.69) is 20.8 Å². The van der Waals surface area contributed by atoms with Gasteiger partial charge in [-0.3, -0.25) is 0 Å². The average molecular weight is 183 g/mol. The minimum atomic E-state index is -0.185. The Morgan fingerprint density at radius 1 is 1.15 bits per heavy atom. The molecule has 3 nitrogen and oxygen atoms in total. The van der Waals surface area contributed by atoms with Crippen LogP contribution in [0, 0.1) is 0 Å². The summed E-state index contributed by atoms with van der Waals surface area (Å²) in [6, 6.07) is 0. The van der Waals surface area contributed by atoms with Gasteiger partial charge in [0.15, 0.2) is 7.28 Å². The van der Waals surface area contributed by atoms with Gasteiger partial charge in [0.2, 0.25) is 0 Å². The quantitative estimate of drug-likeness (QED) is 0.496. The fourth-order valence-corrected chi connectivity index (χ4v) is 2.14. The summed E-state index contributed by atoms with van der Waals surface area (Å²) in [5.74, 6) is 0. The van der Waals surface area contributed by atoms with Crippen LogP contribution in [0.2, 0.25) is 5.31 Å². The zero-order valence-electron chi connectivity index (χ0n) is 8.67. The van der Waals surface area contributed by atoms with Crippen LogP contribution in [0.5, 0.6) is 0 Å². The smallest absolute Gasteiger partial charge is 0.158 e. The molecule has 0 aliphatic carbocycles. The van der Waals surface area contributed by atoms with E-state index >= 15 is 0 Å². The second kappa shape index (κ2) is 2.72. The van der Waals surface area contributed by atoms with Crippen LogP contribution in [-0.4, -0.2) is 38.1 Å². The Bertz CT molecular complexity index is 188. The van der Waals surface area contributed by atoms with E-state index in [1.165, 1.54) is 0 Å². The maximum atomic E-state index is 6.19. The summed E-state index contributed by atoms with van der Waals surface area (Å²) < 4.78 is 10.6. The van der Waals surface area contributed by atoms with Gasteiger partial charge in [0.1, 0.15) is 0 Å². The van der Waals surface area contributed by atoms with Gasteiger partial charge in [-0.1, -0.05) is 20.8 Å². The molecule has 0 saturated carbocycles. The molecule has 2 N–H and O–H groups in total. The first kappa shape index (κ1) is 9.50. The number of nitrogens with two attached hydrogens (primary N) is 1. The molecule has 0 spiro atoms. The largest absolute Gasteiger partial charge is 0.373 e. The molecule has 0 aromatic heterocycles. The maximum absolute atomic E-state index is 6.19. The normalized spacial score (nSPS) is 36.6. The predicted octanol–water partition coefficient (Wildman–Crippen LogP) is 0.0939. The van der Waals surface area contributed by atoms with Crippen molar-refractivity contribution < 1.29 is 9.47 Å². The van der Waals surface area contributed by atoms with Crippen molar-refractivity contribution in [2.75, 3.05) is 13.2 Å². The van der Waals surface area contributed by atoms with Crippen LogP contribution in [0.4, 0.5) is 0 Å². The first-order valence-electron chi connectivity index (χ1n) is 4.94. The summed E-state index contributed by atoms with van der Waals surface area (Å²) in [7, 11) is 0.968. The Kier molecular flexibility index (Phi) is 1.99. The van der Waals surface area contributed by atoms with E-state index in [-0.39, 0.29) is 16.9 Å². The van der Waals surface area contributed by atoms with Crippen LogP contribution in [0.25, 0.3) is 0 Å². The first-order chi connectivity index (χ1) is 5.92. The molecule has 3 atom stereocenters. The molecule has 0 bridgehead atoms. The van der Waals surface area contributed by atoms with Crippen molar-refractivity contribution in [2.45, 2.75) is 43.7 Å². The molecule has 0 radical (unpaired) electrons. The van der Waals surface area contributed by atoms with E-state index in [1.807, 2.05) is 0 Å². The number of ether oxygens (including phenoxy) is 2. The molecule has 4 heteroatoms. The van der Waals surface area contributed by atoms with Crippen LogP contribution in [0.15, 0.2) is 0 Å². The highest BCUT2D eigenvalue weighted by molar-refractivity contribution is 6.44. The first-order valence-corrected chi connectivity index (χ1v) is 4.94. The third-order valence-electron chi connectivity index (χ3n) is 3.11. The summed E-state index contributed by atoms with van der Waals surface area (Å²) >= 11 is 0. The van der Waals surface area contributed by atoms with Crippen molar-refractivity contribution >= 4 is 7.28 Å². The second-order valence-corrected chi connectivity index (χ2v) is 5.32. The molecule has 0 aromatic rings. The van der Waals surface area contributed by atoms with Gasteiger partial charge in [-0.15, -0.1) is 0 Å². The van der Waals surface area contributed by atoms with Crippen molar-refractivity contribution in [2.24, 2.45) is 5.73 Å². The van der Waals surface area contributed by atoms with Crippen LogP contribution >= 0.6 is 0 Å². The molecule has 3 unspecified atom stereocenters. The molecule has 2 aliphatic heterocycles. The Hall–Kier alpha value is -0.0551. The fraction of sp³-hybridized carbons (Fsp3) is 1.00. The number of rotatable bonds is 4. The molecule has 13 heavy (non-hydrogen) atoms. The number of hydrogen-bond acceptors (Lipinski definition) is 3. The fourth-order valence-electron chi connectivity index (χ4n) is 2.14. The molecule has 2 saturated heterocycles. The third-order valence-corrected chi connectivity index (χ3v) is 3.11. The lowest BCUT2D eigenvalue weighted by Gasteiger charge is -2.31. The highest BCUT2D eigenvalue weighted by Gasteiger charge is 2.49. The second-order valence-electron chi connectivity index (χ2n) is 5.32. The summed E-state index contributed by atoms with van der Waals surface area (Å²) in [4.78, 5) is 0. The van der Waals surface area contributed by atoms with E-state index in [4.69, 9.17) is 15.2 Å². The van der Waals surface area contributed by atoms with Crippen LogP contribution in [0.3, 0.4) is 0 Å². The van der Waals surface area contributed by atoms with Gasteiger partial charge in [-0.25, -0.2) is 0 Å². The maximum Gasteiger partial charge on any atom is 0.158 e. The van der Waals surface area contributed by atoms with Gasteiger partial charge in [-0.2, -0.15) is 0 Å². The van der Waals surface area contributed by atoms with E-state index < -0.39 is 0 Å². The highest BCUT2D eigenvalue weighted by Crippen LogP contribution is 2.41. The van der Waals surface area contributed by atoms with Gasteiger partial charge < -0.3 is 15.2 Å². The average Bonchev–Trinajstić information content (AvgIpc) is 2.81. The molecule has 2 heterocycles. The third kappa shape index (κ3) is 2.06. The van der Waals surface area contributed by atoms with Gasteiger partial charge in [0, 0.05) is 5.44 Å². The van der Waals surface area contributed by atoms with E-state index in [0.717, 1.165) is 20.5 Å². The minimum Gasteiger partial charge on any atom is -0.373 e. The lowest BCUT2D eigenvalue weighted by atomic mass is 9.42. The molecular weight excluding hydrogens is 165 g/mol. The monoisotopic (exact) mass is 183 g/mol. The SMILES string of the molecule is CC(C)(BC(C)(N)C1CO1)C1CO1. The zero-order chi connectivity index (χ0) is 9.69. The van der Waals surface area contributed by atoms with E-state index in [9.17, 15) is 0 Å². The predicted molar refractivity (Wildman–Crippen MR) is 53.3 cm³/mol. The van der Waals surface area contributed by atoms with Gasteiger partial charge in [-0.05, 0) is 5.31 Å². The van der Waals surface area contributed by atoms with Crippen molar-refractivity contribution in [3.63, 3.8) is 0 Å². The zero-order valence-corrected chi connectivity index (χ0v) is 8.67. The standard InChI is InChI=1S/C9H18BNO2/c1-8(2,6-4-12-6)10-9(3,11)7-5-13-7/h6-7,10H,4-5,11H2,1-3H3. The minimum absolute atomic E-state index is 0.185. The highest BCUT2D eigenvalue weighted by atomic mass is 16.6. The summed E-state index contributed by atoms with van der Waals surface area (Å²) in [6.07, 6.45) is 0.680. The molecule has 2 rings (SSSR count). The Morgan fingerprint density at radius 2 is 1.62 bits per heavy atom. The molecular formula is C9H18BNO2. The van der Waals surface area contributed by atoms with Gasteiger partial charge >= 0.3 is 0 Å².